The topological polar surface area (TPSA) is 41.1 Å². The number of amides is 1. The maximum Gasteiger partial charge on any atom is 0.230 e. The molecule has 0 saturated carbocycles. The van der Waals surface area contributed by atoms with E-state index >= 15 is 0 Å². The first-order valence-corrected chi connectivity index (χ1v) is 6.11. The smallest absolute Gasteiger partial charge is 0.230 e. The van der Waals surface area contributed by atoms with Crippen LogP contribution in [-0.2, 0) is 4.79 Å². The third-order valence-corrected chi connectivity index (χ3v) is 2.95. The van der Waals surface area contributed by atoms with E-state index in [4.69, 9.17) is 0 Å². The molecule has 2 N–H and O–H groups in total. The third-order valence-electron chi connectivity index (χ3n) is 1.96. The highest BCUT2D eigenvalue weighted by Gasteiger charge is 2.05. The quantitative estimate of drug-likeness (QED) is 0.621. The average Bonchev–Trinajstić information content (AvgIpc) is 2.31. The van der Waals surface area contributed by atoms with Crippen LogP contribution in [0.25, 0.3) is 0 Å². The molecule has 102 valence electrons. The molecule has 0 spiro atoms. The molecule has 0 bridgehead atoms. The number of halogens is 3. The van der Waals surface area contributed by atoms with Crippen LogP contribution < -0.4 is 10.6 Å². The number of benzene rings is 1. The standard InChI is InChI=1S/C11H14F2N2OS.ClH/c1-14-4-5-15-11(16)7-17-8-2-3-9(12)10(13)6-8;/h2-3,6,14H,4-5,7H2,1H3,(H,15,16);1H. The molecule has 1 rings (SSSR count). The van der Waals surface area contributed by atoms with Gasteiger partial charge < -0.3 is 10.6 Å². The first kappa shape index (κ1) is 17.2. The molecule has 7 heteroatoms. The molecule has 1 aromatic carbocycles. The molecule has 3 nitrogen and oxygen atoms in total. The van der Waals surface area contributed by atoms with Crippen molar-refractivity contribution in [2.45, 2.75) is 4.90 Å². The Labute approximate surface area is 115 Å². The molecule has 0 aliphatic carbocycles. The Morgan fingerprint density at radius 2 is 2.00 bits per heavy atom. The van der Waals surface area contributed by atoms with E-state index in [-0.39, 0.29) is 24.1 Å². The van der Waals surface area contributed by atoms with Gasteiger partial charge in [0.1, 0.15) is 0 Å². The van der Waals surface area contributed by atoms with Crippen molar-refractivity contribution in [3.05, 3.63) is 29.8 Å². The maximum absolute atomic E-state index is 12.9. The van der Waals surface area contributed by atoms with Gasteiger partial charge in [-0.2, -0.15) is 0 Å². The molecular weight excluding hydrogens is 282 g/mol. The lowest BCUT2D eigenvalue weighted by Crippen LogP contribution is -2.31. The number of carbonyl (C=O) groups is 1. The average molecular weight is 297 g/mol. The van der Waals surface area contributed by atoms with Crippen LogP contribution in [0.4, 0.5) is 8.78 Å². The van der Waals surface area contributed by atoms with Gasteiger partial charge in [-0.05, 0) is 25.2 Å². The zero-order valence-electron chi connectivity index (χ0n) is 9.83. The predicted octanol–water partition coefficient (Wildman–Crippen LogP) is 1.81. The second-order valence-electron chi connectivity index (χ2n) is 3.32. The summed E-state index contributed by atoms with van der Waals surface area (Å²) >= 11 is 1.17. The van der Waals surface area contributed by atoms with Crippen LogP contribution in [0.1, 0.15) is 0 Å². The summed E-state index contributed by atoms with van der Waals surface area (Å²) in [6.45, 7) is 1.25. The molecule has 0 aliphatic rings. The minimum atomic E-state index is -0.898. The Hall–Kier alpha value is -0.850. The molecule has 0 atom stereocenters. The molecular formula is C11H15ClF2N2OS. The van der Waals surface area contributed by atoms with Crippen molar-refractivity contribution in [3.8, 4) is 0 Å². The SMILES string of the molecule is CNCCNC(=O)CSc1ccc(F)c(F)c1.Cl. The Kier molecular flexibility index (Phi) is 8.70. The van der Waals surface area contributed by atoms with E-state index in [1.807, 2.05) is 0 Å². The number of hydrogen-bond acceptors (Lipinski definition) is 3. The summed E-state index contributed by atoms with van der Waals surface area (Å²) in [5.41, 5.74) is 0. The molecule has 0 aromatic heterocycles. The molecule has 0 radical (unpaired) electrons. The van der Waals surface area contributed by atoms with Crippen LogP contribution in [0.15, 0.2) is 23.1 Å². The van der Waals surface area contributed by atoms with Gasteiger partial charge in [0, 0.05) is 18.0 Å². The Bertz CT molecular complexity index is 393. The van der Waals surface area contributed by atoms with Crippen LogP contribution in [0.5, 0.6) is 0 Å². The molecule has 0 aliphatic heterocycles. The lowest BCUT2D eigenvalue weighted by atomic mass is 10.3. The number of carbonyl (C=O) groups excluding carboxylic acids is 1. The van der Waals surface area contributed by atoms with E-state index in [1.165, 1.54) is 17.8 Å². The normalized spacial score (nSPS) is 9.72. The van der Waals surface area contributed by atoms with Crippen LogP contribution in [-0.4, -0.2) is 31.8 Å². The molecule has 0 saturated heterocycles. The summed E-state index contributed by atoms with van der Waals surface area (Å²) in [5.74, 6) is -1.72. The van der Waals surface area contributed by atoms with Gasteiger partial charge in [0.05, 0.1) is 5.75 Å². The van der Waals surface area contributed by atoms with Crippen molar-refractivity contribution in [2.75, 3.05) is 25.9 Å². The highest BCUT2D eigenvalue weighted by Crippen LogP contribution is 2.19. The van der Waals surface area contributed by atoms with Gasteiger partial charge in [-0.15, -0.1) is 24.2 Å². The monoisotopic (exact) mass is 296 g/mol. The highest BCUT2D eigenvalue weighted by atomic mass is 35.5. The molecule has 0 fully saturated rings. The molecule has 18 heavy (non-hydrogen) atoms. The van der Waals surface area contributed by atoms with E-state index in [2.05, 4.69) is 10.6 Å². The van der Waals surface area contributed by atoms with Crippen LogP contribution in [0, 0.1) is 11.6 Å². The first-order valence-electron chi connectivity index (χ1n) is 5.12. The second-order valence-corrected chi connectivity index (χ2v) is 4.37. The van der Waals surface area contributed by atoms with E-state index < -0.39 is 11.6 Å². The summed E-state index contributed by atoms with van der Waals surface area (Å²) in [5, 5.41) is 5.59. The lowest BCUT2D eigenvalue weighted by molar-refractivity contribution is -0.118. The van der Waals surface area contributed by atoms with Gasteiger partial charge in [0.15, 0.2) is 11.6 Å². The number of thioether (sulfide) groups is 1. The number of nitrogens with one attached hydrogen (secondary N) is 2. The van der Waals surface area contributed by atoms with E-state index in [9.17, 15) is 13.6 Å². The van der Waals surface area contributed by atoms with Crippen molar-refractivity contribution in [1.82, 2.24) is 10.6 Å². The molecule has 0 unspecified atom stereocenters. The molecule has 1 amide bonds. The van der Waals surface area contributed by atoms with Crippen LogP contribution in [0.3, 0.4) is 0 Å². The summed E-state index contributed by atoms with van der Waals surface area (Å²) in [6.07, 6.45) is 0. The minimum Gasteiger partial charge on any atom is -0.354 e. The van der Waals surface area contributed by atoms with Gasteiger partial charge in [-0.1, -0.05) is 0 Å². The van der Waals surface area contributed by atoms with Gasteiger partial charge in [0.2, 0.25) is 5.91 Å². The fourth-order valence-electron chi connectivity index (χ4n) is 1.09. The van der Waals surface area contributed by atoms with Crippen molar-refractivity contribution < 1.29 is 13.6 Å². The van der Waals surface area contributed by atoms with Gasteiger partial charge in [0.25, 0.3) is 0 Å². The van der Waals surface area contributed by atoms with E-state index in [1.54, 1.807) is 7.05 Å². The summed E-state index contributed by atoms with van der Waals surface area (Å²) in [7, 11) is 1.79. The zero-order valence-corrected chi connectivity index (χ0v) is 11.5. The van der Waals surface area contributed by atoms with Gasteiger partial charge in [-0.3, -0.25) is 4.79 Å². The van der Waals surface area contributed by atoms with Gasteiger partial charge in [-0.25, -0.2) is 8.78 Å². The lowest BCUT2D eigenvalue weighted by Gasteiger charge is -2.04. The Morgan fingerprint density at radius 1 is 1.28 bits per heavy atom. The fourth-order valence-corrected chi connectivity index (χ4v) is 1.84. The summed E-state index contributed by atoms with van der Waals surface area (Å²) < 4.78 is 25.5. The second kappa shape index (κ2) is 9.13. The molecule has 1 aromatic rings. The number of likely N-dealkylation sites (N-methyl/N-ethyl adjacent to an activating group) is 1. The van der Waals surface area contributed by atoms with Crippen molar-refractivity contribution >= 4 is 30.1 Å². The van der Waals surface area contributed by atoms with Crippen molar-refractivity contribution in [2.24, 2.45) is 0 Å². The first-order chi connectivity index (χ1) is 8.13. The zero-order chi connectivity index (χ0) is 12.7. The van der Waals surface area contributed by atoms with E-state index in [0.717, 1.165) is 12.1 Å². The number of rotatable bonds is 6. The van der Waals surface area contributed by atoms with Crippen molar-refractivity contribution in [3.63, 3.8) is 0 Å². The van der Waals surface area contributed by atoms with Crippen LogP contribution >= 0.6 is 24.2 Å². The summed E-state index contributed by atoms with van der Waals surface area (Å²) in [4.78, 5) is 11.9. The van der Waals surface area contributed by atoms with Crippen LogP contribution in [0.2, 0.25) is 0 Å². The van der Waals surface area contributed by atoms with Gasteiger partial charge >= 0.3 is 0 Å². The highest BCUT2D eigenvalue weighted by molar-refractivity contribution is 8.00. The minimum absolute atomic E-state index is 0. The summed E-state index contributed by atoms with van der Waals surface area (Å²) in [6, 6.07) is 3.58. The predicted molar refractivity (Wildman–Crippen MR) is 71.3 cm³/mol. The fraction of sp³-hybridized carbons (Fsp3) is 0.364. The maximum atomic E-state index is 12.9. The molecule has 0 heterocycles. The third kappa shape index (κ3) is 6.18. The Balaban J connectivity index is 0.00000289. The number of hydrogen-bond donors (Lipinski definition) is 2. The Morgan fingerprint density at radius 3 is 2.61 bits per heavy atom. The largest absolute Gasteiger partial charge is 0.354 e. The van der Waals surface area contributed by atoms with Crippen molar-refractivity contribution in [1.29, 1.82) is 0 Å². The van der Waals surface area contributed by atoms with E-state index in [0.29, 0.717) is 18.0 Å².